The third-order valence-electron chi connectivity index (χ3n) is 6.60. The Bertz CT molecular complexity index is 1160. The number of nitrogens with one attached hydrogen (secondary N) is 2. The molecule has 0 fully saturated rings. The number of anilines is 2. The number of nitrogens with zero attached hydrogens (tertiary/aromatic N) is 3. The van der Waals surface area contributed by atoms with E-state index in [1.807, 2.05) is 30.3 Å². The first-order valence-corrected chi connectivity index (χ1v) is 13.5. The molecule has 0 atom stereocenters. The molecule has 38 heavy (non-hydrogen) atoms. The normalized spacial score (nSPS) is 11.4. The molecule has 9 nitrogen and oxygen atoms in total. The number of carbonyl (C=O) groups is 2. The summed E-state index contributed by atoms with van der Waals surface area (Å²) in [6.45, 7) is 17.7. The number of amides is 2. The minimum Gasteiger partial charge on any atom is -0.490 e. The highest BCUT2D eigenvalue weighted by atomic mass is 16.5. The van der Waals surface area contributed by atoms with Crippen LogP contribution >= 0.6 is 0 Å². The first kappa shape index (κ1) is 29.1. The van der Waals surface area contributed by atoms with E-state index in [0.29, 0.717) is 47.1 Å². The van der Waals surface area contributed by atoms with E-state index in [1.54, 1.807) is 0 Å². The highest BCUT2D eigenvalue weighted by Gasteiger charge is 2.18. The Morgan fingerprint density at radius 1 is 0.711 bits per heavy atom. The fraction of sp³-hybridized carbons (Fsp3) is 0.483. The maximum Gasteiger partial charge on any atom is 0.221 e. The zero-order valence-electron chi connectivity index (χ0n) is 23.5. The van der Waals surface area contributed by atoms with Crippen molar-refractivity contribution in [1.82, 2.24) is 14.8 Å². The number of hydrogen-bond acceptors (Lipinski definition) is 7. The van der Waals surface area contributed by atoms with Crippen LogP contribution in [-0.2, 0) is 9.59 Å². The fourth-order valence-corrected chi connectivity index (χ4v) is 4.41. The second-order valence-corrected chi connectivity index (χ2v) is 9.12. The number of benzene rings is 2. The van der Waals surface area contributed by atoms with Gasteiger partial charge in [0.15, 0.2) is 0 Å². The Balaban J connectivity index is 2.07. The summed E-state index contributed by atoms with van der Waals surface area (Å²) >= 11 is 0. The minimum absolute atomic E-state index is 0.219. The van der Waals surface area contributed by atoms with Crippen molar-refractivity contribution < 1.29 is 19.1 Å². The molecule has 3 aromatic rings. The lowest BCUT2D eigenvalue weighted by molar-refractivity contribution is -0.115. The Labute approximate surface area is 225 Å². The van der Waals surface area contributed by atoms with Gasteiger partial charge in [0, 0.05) is 37.7 Å². The summed E-state index contributed by atoms with van der Waals surface area (Å²) in [5.41, 5.74) is 2.19. The van der Waals surface area contributed by atoms with E-state index in [1.165, 1.54) is 13.8 Å². The SMILES string of the molecule is CCN(CC)CCOc1ccc2cc3ccc(OCCN(CC)CC)c(NC(C)=O)c3nc2c1NC(C)=O. The topological polar surface area (TPSA) is 96.0 Å². The van der Waals surface area contributed by atoms with Gasteiger partial charge in [-0.05, 0) is 56.5 Å². The van der Waals surface area contributed by atoms with Gasteiger partial charge in [0.05, 0.1) is 11.0 Å². The number of likely N-dealkylation sites (N-methyl/N-ethyl adjacent to an activating group) is 2. The van der Waals surface area contributed by atoms with E-state index in [4.69, 9.17) is 14.5 Å². The van der Waals surface area contributed by atoms with Crippen molar-refractivity contribution >= 4 is 45.0 Å². The van der Waals surface area contributed by atoms with Gasteiger partial charge in [-0.3, -0.25) is 9.59 Å². The van der Waals surface area contributed by atoms with Crippen LogP contribution in [0.1, 0.15) is 41.5 Å². The Hall–Kier alpha value is -3.43. The van der Waals surface area contributed by atoms with Crippen LogP contribution in [0.5, 0.6) is 11.5 Å². The van der Waals surface area contributed by atoms with Gasteiger partial charge in [-0.2, -0.15) is 0 Å². The molecule has 0 spiro atoms. The summed E-state index contributed by atoms with van der Waals surface area (Å²) in [6.07, 6.45) is 0. The van der Waals surface area contributed by atoms with Crippen LogP contribution in [0.25, 0.3) is 21.8 Å². The van der Waals surface area contributed by atoms with Crippen molar-refractivity contribution in [2.75, 3.05) is 63.1 Å². The Kier molecular flexibility index (Phi) is 10.7. The molecule has 2 aromatic carbocycles. The van der Waals surface area contributed by atoms with Crippen LogP contribution in [0.4, 0.5) is 11.4 Å². The average Bonchev–Trinajstić information content (AvgIpc) is 2.89. The van der Waals surface area contributed by atoms with Gasteiger partial charge >= 0.3 is 0 Å². The standard InChI is InChI=1S/C29H41N5O4/c1-7-33(8-2)15-17-37-24-13-11-22-19-23-12-14-25(38-18-16-34(9-3)10-4)29(31-21(6)36)27(23)32-26(22)28(24)30-20(5)35/h11-14,19H,7-10,15-18H2,1-6H3,(H,30,35)(H,31,36). The summed E-state index contributed by atoms with van der Waals surface area (Å²) in [7, 11) is 0. The largest absolute Gasteiger partial charge is 0.490 e. The predicted molar refractivity (Wildman–Crippen MR) is 154 cm³/mol. The highest BCUT2D eigenvalue weighted by molar-refractivity contribution is 6.09. The number of hydrogen-bond donors (Lipinski definition) is 2. The van der Waals surface area contributed by atoms with Crippen LogP contribution in [0.15, 0.2) is 30.3 Å². The number of ether oxygens (including phenoxy) is 2. The molecular weight excluding hydrogens is 482 g/mol. The number of carbonyl (C=O) groups excluding carboxylic acids is 2. The molecule has 0 radical (unpaired) electrons. The van der Waals surface area contributed by atoms with Crippen molar-refractivity contribution in [3.63, 3.8) is 0 Å². The van der Waals surface area contributed by atoms with Crippen molar-refractivity contribution in [3.05, 3.63) is 30.3 Å². The van der Waals surface area contributed by atoms with Gasteiger partial charge in [-0.15, -0.1) is 0 Å². The first-order valence-electron chi connectivity index (χ1n) is 13.5. The summed E-state index contributed by atoms with van der Waals surface area (Å²) < 4.78 is 12.2. The van der Waals surface area contributed by atoms with Crippen molar-refractivity contribution in [2.45, 2.75) is 41.5 Å². The molecular formula is C29H41N5O4. The Morgan fingerprint density at radius 2 is 1.11 bits per heavy atom. The molecule has 1 heterocycles. The van der Waals surface area contributed by atoms with E-state index in [2.05, 4.69) is 48.1 Å². The molecule has 0 bridgehead atoms. The molecule has 9 heteroatoms. The lowest BCUT2D eigenvalue weighted by Gasteiger charge is -2.20. The van der Waals surface area contributed by atoms with Crippen molar-refractivity contribution in [2.24, 2.45) is 0 Å². The predicted octanol–water partition coefficient (Wildman–Crippen LogP) is 4.75. The summed E-state index contributed by atoms with van der Waals surface area (Å²) in [5, 5.41) is 7.53. The number of pyridine rings is 1. The maximum absolute atomic E-state index is 12.2. The lowest BCUT2D eigenvalue weighted by atomic mass is 10.1. The molecule has 2 amide bonds. The van der Waals surface area contributed by atoms with E-state index < -0.39 is 0 Å². The quantitative estimate of drug-likeness (QED) is 0.295. The second kappa shape index (κ2) is 13.9. The smallest absolute Gasteiger partial charge is 0.221 e. The summed E-state index contributed by atoms with van der Waals surface area (Å²) in [5.74, 6) is 0.672. The van der Waals surface area contributed by atoms with Gasteiger partial charge in [0.25, 0.3) is 0 Å². The molecule has 1 aromatic heterocycles. The van der Waals surface area contributed by atoms with Crippen molar-refractivity contribution in [3.8, 4) is 11.5 Å². The van der Waals surface area contributed by atoms with Crippen LogP contribution in [-0.4, -0.2) is 79.1 Å². The average molecular weight is 524 g/mol. The zero-order valence-corrected chi connectivity index (χ0v) is 23.5. The molecule has 0 saturated carbocycles. The highest BCUT2D eigenvalue weighted by Crippen LogP contribution is 2.38. The van der Waals surface area contributed by atoms with Gasteiger partial charge in [-0.1, -0.05) is 27.7 Å². The summed E-state index contributed by atoms with van der Waals surface area (Å²) in [4.78, 5) is 33.8. The van der Waals surface area contributed by atoms with Gasteiger partial charge in [0.1, 0.15) is 36.1 Å². The number of fused-ring (bicyclic) bond motifs is 2. The van der Waals surface area contributed by atoms with Crippen LogP contribution < -0.4 is 20.1 Å². The van der Waals surface area contributed by atoms with Crippen LogP contribution in [0, 0.1) is 0 Å². The second-order valence-electron chi connectivity index (χ2n) is 9.12. The lowest BCUT2D eigenvalue weighted by Crippen LogP contribution is -2.28. The number of aromatic nitrogens is 1. The monoisotopic (exact) mass is 523 g/mol. The molecule has 2 N–H and O–H groups in total. The summed E-state index contributed by atoms with van der Waals surface area (Å²) in [6, 6.07) is 9.60. The fourth-order valence-electron chi connectivity index (χ4n) is 4.41. The Morgan fingerprint density at radius 3 is 1.45 bits per heavy atom. The van der Waals surface area contributed by atoms with E-state index in [-0.39, 0.29) is 11.8 Å². The first-order chi connectivity index (χ1) is 18.3. The molecule has 0 aliphatic rings. The van der Waals surface area contributed by atoms with Gasteiger partial charge in [0.2, 0.25) is 11.8 Å². The molecule has 3 rings (SSSR count). The molecule has 0 aliphatic heterocycles. The molecule has 0 unspecified atom stereocenters. The van der Waals surface area contributed by atoms with Gasteiger partial charge < -0.3 is 29.9 Å². The minimum atomic E-state index is -0.219. The third-order valence-corrected chi connectivity index (χ3v) is 6.60. The van der Waals surface area contributed by atoms with E-state index in [0.717, 1.165) is 50.0 Å². The van der Waals surface area contributed by atoms with Crippen LogP contribution in [0.2, 0.25) is 0 Å². The van der Waals surface area contributed by atoms with E-state index >= 15 is 0 Å². The third kappa shape index (κ3) is 7.33. The zero-order chi connectivity index (χ0) is 27.7. The molecule has 0 saturated heterocycles. The molecule has 0 aliphatic carbocycles. The van der Waals surface area contributed by atoms with E-state index in [9.17, 15) is 9.59 Å². The number of rotatable bonds is 14. The van der Waals surface area contributed by atoms with Crippen molar-refractivity contribution in [1.29, 1.82) is 0 Å². The maximum atomic E-state index is 12.2. The molecule has 206 valence electrons. The van der Waals surface area contributed by atoms with Gasteiger partial charge in [-0.25, -0.2) is 4.98 Å². The van der Waals surface area contributed by atoms with Crippen LogP contribution in [0.3, 0.4) is 0 Å².